The van der Waals surface area contributed by atoms with E-state index in [2.05, 4.69) is 45.6 Å². The molecule has 0 radical (unpaired) electrons. The van der Waals surface area contributed by atoms with E-state index in [9.17, 15) is 9.59 Å². The molecule has 3 heterocycles. The first kappa shape index (κ1) is 22.5. The first-order valence-corrected chi connectivity index (χ1v) is 11.6. The molecule has 2 aromatic heterocycles. The molecular weight excluding hydrogens is 440 g/mol. The Balaban J connectivity index is 1.15. The first-order valence-electron chi connectivity index (χ1n) is 11.6. The van der Waals surface area contributed by atoms with Crippen molar-refractivity contribution in [1.29, 1.82) is 0 Å². The van der Waals surface area contributed by atoms with E-state index >= 15 is 0 Å². The van der Waals surface area contributed by atoms with Gasteiger partial charge in [0.1, 0.15) is 11.6 Å². The van der Waals surface area contributed by atoms with Gasteiger partial charge in [0.15, 0.2) is 0 Å². The number of anilines is 1. The number of rotatable bonds is 6. The van der Waals surface area contributed by atoms with Gasteiger partial charge in [-0.2, -0.15) is 0 Å². The quantitative estimate of drug-likeness (QED) is 0.547. The van der Waals surface area contributed by atoms with Gasteiger partial charge in [-0.15, -0.1) is 0 Å². The third kappa shape index (κ3) is 5.14. The summed E-state index contributed by atoms with van der Waals surface area (Å²) in [6.07, 6.45) is 11.3. The number of carbonyl (C=O) groups is 2. The number of nitrogens with one attached hydrogen (secondary N) is 1. The molecule has 1 N–H and O–H groups in total. The minimum atomic E-state index is -0.327. The molecule has 1 aromatic carbocycles. The number of aromatic nitrogens is 2. The van der Waals surface area contributed by atoms with Crippen LogP contribution in [0.2, 0.25) is 0 Å². The van der Waals surface area contributed by atoms with Crippen molar-refractivity contribution in [2.45, 2.75) is 6.42 Å². The van der Waals surface area contributed by atoms with E-state index in [0.717, 1.165) is 25.1 Å². The largest absolute Gasteiger partial charge is 0.495 e. The van der Waals surface area contributed by atoms with E-state index in [1.165, 1.54) is 30.6 Å². The third-order valence-corrected chi connectivity index (χ3v) is 6.50. The topological polar surface area (TPSA) is 84.4 Å². The number of pyridine rings is 2. The lowest BCUT2D eigenvalue weighted by Crippen LogP contribution is -2.27. The van der Waals surface area contributed by atoms with Crippen molar-refractivity contribution in [2.24, 2.45) is 11.8 Å². The number of benzene rings is 1. The van der Waals surface area contributed by atoms with Crippen molar-refractivity contribution in [3.8, 4) is 5.75 Å². The molecule has 7 nitrogen and oxygen atoms in total. The number of nitrogens with zero attached hydrogens (tertiary/aromatic N) is 3. The minimum Gasteiger partial charge on any atom is -0.495 e. The van der Waals surface area contributed by atoms with Gasteiger partial charge in [-0.1, -0.05) is 36.4 Å². The molecule has 35 heavy (non-hydrogen) atoms. The lowest BCUT2D eigenvalue weighted by Gasteiger charge is -2.15. The number of likely N-dealkylation sites (tertiary alicyclic amines) is 1. The molecule has 2 amide bonds. The van der Waals surface area contributed by atoms with Gasteiger partial charge in [-0.05, 0) is 59.2 Å². The zero-order valence-corrected chi connectivity index (χ0v) is 19.4. The predicted octanol–water partition coefficient (Wildman–Crippen LogP) is 4.31. The standard InChI is InChI=1S/C28H26N4O3/c1-35-25-13-22(15-29-16-25)28(34)31-26-9-7-19(14-30-26)8-10-27(33)32-17-23-11-21(12-24(23)18-32)20-5-3-2-4-6-20/h2-11,13-16,23-24H,12,17-18H2,1H3,(H,30,31,34). The van der Waals surface area contributed by atoms with Gasteiger partial charge in [0, 0.05) is 31.6 Å². The summed E-state index contributed by atoms with van der Waals surface area (Å²) in [6.45, 7) is 1.54. The Hall–Kier alpha value is -4.26. The fourth-order valence-corrected chi connectivity index (χ4v) is 4.65. The molecule has 0 bridgehead atoms. The van der Waals surface area contributed by atoms with Crippen LogP contribution in [0.4, 0.5) is 5.82 Å². The van der Waals surface area contributed by atoms with Crippen LogP contribution in [0.5, 0.6) is 5.75 Å². The van der Waals surface area contributed by atoms with Crippen molar-refractivity contribution in [2.75, 3.05) is 25.5 Å². The van der Waals surface area contributed by atoms with Gasteiger partial charge in [0.05, 0.1) is 18.9 Å². The normalized spacial score (nSPS) is 18.9. The lowest BCUT2D eigenvalue weighted by molar-refractivity contribution is -0.125. The minimum absolute atomic E-state index is 0.0111. The Kier molecular flexibility index (Phi) is 6.39. The van der Waals surface area contributed by atoms with E-state index < -0.39 is 0 Å². The Morgan fingerprint density at radius 2 is 1.94 bits per heavy atom. The second-order valence-electron chi connectivity index (χ2n) is 8.81. The third-order valence-electron chi connectivity index (χ3n) is 6.50. The SMILES string of the molecule is COc1cncc(C(=O)Nc2ccc(C=CC(=O)N3CC4C=C(c5ccccc5)CC4C3)cn2)c1. The number of carbonyl (C=O) groups excluding carboxylic acids is 2. The second-order valence-corrected chi connectivity index (χ2v) is 8.81. The molecule has 0 spiro atoms. The fourth-order valence-electron chi connectivity index (χ4n) is 4.65. The molecule has 176 valence electrons. The average molecular weight is 467 g/mol. The molecule has 5 rings (SSSR count). The van der Waals surface area contributed by atoms with E-state index in [-0.39, 0.29) is 11.8 Å². The highest BCUT2D eigenvalue weighted by Gasteiger charge is 2.37. The summed E-state index contributed by atoms with van der Waals surface area (Å²) in [4.78, 5) is 35.3. The Morgan fingerprint density at radius 1 is 1.09 bits per heavy atom. The summed E-state index contributed by atoms with van der Waals surface area (Å²) in [5.41, 5.74) is 3.84. The molecule has 2 unspecified atom stereocenters. The zero-order chi connectivity index (χ0) is 24.2. The molecule has 1 aliphatic heterocycles. The maximum absolute atomic E-state index is 12.7. The van der Waals surface area contributed by atoms with E-state index in [0.29, 0.717) is 29.0 Å². The van der Waals surface area contributed by atoms with Crippen LogP contribution in [-0.4, -0.2) is 46.9 Å². The highest BCUT2D eigenvalue weighted by atomic mass is 16.5. The summed E-state index contributed by atoms with van der Waals surface area (Å²) in [5.74, 6) is 1.52. The van der Waals surface area contributed by atoms with Crippen LogP contribution >= 0.6 is 0 Å². The van der Waals surface area contributed by atoms with Gasteiger partial charge < -0.3 is 15.0 Å². The lowest BCUT2D eigenvalue weighted by atomic mass is 9.98. The summed E-state index contributed by atoms with van der Waals surface area (Å²) in [6, 6.07) is 15.6. The van der Waals surface area contributed by atoms with Crippen LogP contribution < -0.4 is 10.1 Å². The van der Waals surface area contributed by atoms with Crippen molar-refractivity contribution in [3.05, 3.63) is 96.0 Å². The van der Waals surface area contributed by atoms with Crippen LogP contribution in [-0.2, 0) is 4.79 Å². The van der Waals surface area contributed by atoms with E-state index in [1.54, 1.807) is 30.5 Å². The van der Waals surface area contributed by atoms with Gasteiger partial charge >= 0.3 is 0 Å². The average Bonchev–Trinajstić information content (AvgIpc) is 3.48. The van der Waals surface area contributed by atoms with Crippen molar-refractivity contribution in [3.63, 3.8) is 0 Å². The molecule has 1 saturated heterocycles. The van der Waals surface area contributed by atoms with Crippen LogP contribution in [0, 0.1) is 11.8 Å². The maximum atomic E-state index is 12.7. The van der Waals surface area contributed by atoms with Crippen molar-refractivity contribution >= 4 is 29.3 Å². The number of methoxy groups -OCH3 is 1. The van der Waals surface area contributed by atoms with Crippen molar-refractivity contribution < 1.29 is 14.3 Å². The molecule has 2 atom stereocenters. The van der Waals surface area contributed by atoms with Crippen LogP contribution in [0.25, 0.3) is 11.6 Å². The smallest absolute Gasteiger partial charge is 0.258 e. The van der Waals surface area contributed by atoms with Gasteiger partial charge in [-0.25, -0.2) is 4.98 Å². The summed E-state index contributed by atoms with van der Waals surface area (Å²) in [7, 11) is 1.52. The molecule has 0 saturated carbocycles. The number of allylic oxidation sites excluding steroid dienone is 1. The maximum Gasteiger partial charge on any atom is 0.258 e. The van der Waals surface area contributed by atoms with Crippen LogP contribution in [0.3, 0.4) is 0 Å². The molecule has 1 fully saturated rings. The monoisotopic (exact) mass is 466 g/mol. The summed E-state index contributed by atoms with van der Waals surface area (Å²) < 4.78 is 5.10. The molecule has 2 aliphatic rings. The molecule has 3 aromatic rings. The summed E-state index contributed by atoms with van der Waals surface area (Å²) >= 11 is 0. The summed E-state index contributed by atoms with van der Waals surface area (Å²) in [5, 5.41) is 2.73. The Labute approximate surface area is 204 Å². The Bertz CT molecular complexity index is 1290. The zero-order valence-electron chi connectivity index (χ0n) is 19.4. The van der Waals surface area contributed by atoms with Crippen LogP contribution in [0.1, 0.15) is 27.9 Å². The van der Waals surface area contributed by atoms with Gasteiger partial charge in [-0.3, -0.25) is 14.6 Å². The van der Waals surface area contributed by atoms with E-state index in [4.69, 9.17) is 4.74 Å². The van der Waals surface area contributed by atoms with Crippen molar-refractivity contribution in [1.82, 2.24) is 14.9 Å². The second kappa shape index (κ2) is 9.93. The first-order chi connectivity index (χ1) is 17.1. The molecule has 7 heteroatoms. The number of hydrogen-bond donors (Lipinski definition) is 1. The highest BCUT2D eigenvalue weighted by Crippen LogP contribution is 2.40. The number of amides is 2. The molecule has 1 aliphatic carbocycles. The Morgan fingerprint density at radius 3 is 2.69 bits per heavy atom. The molecular formula is C28H26N4O3. The van der Waals surface area contributed by atoms with Gasteiger partial charge in [0.2, 0.25) is 5.91 Å². The number of fused-ring (bicyclic) bond motifs is 1. The number of hydrogen-bond acceptors (Lipinski definition) is 5. The predicted molar refractivity (Wildman–Crippen MR) is 135 cm³/mol. The van der Waals surface area contributed by atoms with Gasteiger partial charge in [0.25, 0.3) is 5.91 Å². The fraction of sp³-hybridized carbons (Fsp3) is 0.214. The van der Waals surface area contributed by atoms with E-state index in [1.807, 2.05) is 17.0 Å². The number of ether oxygens (including phenoxy) is 1. The van der Waals surface area contributed by atoms with Crippen LogP contribution in [0.15, 0.2) is 79.3 Å². The highest BCUT2D eigenvalue weighted by molar-refractivity contribution is 6.03.